The number of anilines is 1. The number of halogens is 1. The van der Waals surface area contributed by atoms with Crippen LogP contribution in [-0.4, -0.2) is 29.3 Å². The molecule has 1 aromatic carbocycles. The van der Waals surface area contributed by atoms with Crippen molar-refractivity contribution in [2.45, 2.75) is 70.9 Å². The maximum Gasteiger partial charge on any atom is 0.224 e. The lowest BCUT2D eigenvalue weighted by atomic mass is 9.71. The first-order chi connectivity index (χ1) is 12.5. The molecule has 0 aromatic heterocycles. The molecule has 0 spiro atoms. The number of nitrogens with two attached hydrogens (primary N) is 1. The van der Waals surface area contributed by atoms with E-state index in [1.807, 2.05) is 29.2 Å². The van der Waals surface area contributed by atoms with E-state index in [9.17, 15) is 9.59 Å². The number of rotatable bonds is 7. The quantitative estimate of drug-likeness (QED) is 0.738. The highest BCUT2D eigenvalue weighted by atomic mass is 35.5. The molecule has 5 nitrogen and oxygen atoms in total. The third-order valence-corrected chi connectivity index (χ3v) is 5.87. The van der Waals surface area contributed by atoms with Crippen molar-refractivity contribution in [2.75, 3.05) is 11.9 Å². The molecule has 0 bridgehead atoms. The molecular weight excluding hydrogens is 362 g/mol. The molecule has 6 heteroatoms. The number of carbonyl (C=O) groups excluding carboxylic acids is 2. The predicted octanol–water partition coefficient (Wildman–Crippen LogP) is 3.86. The van der Waals surface area contributed by atoms with Crippen molar-refractivity contribution in [1.29, 1.82) is 0 Å². The van der Waals surface area contributed by atoms with Gasteiger partial charge in [0.1, 0.15) is 0 Å². The van der Waals surface area contributed by atoms with Gasteiger partial charge in [0.2, 0.25) is 11.8 Å². The van der Waals surface area contributed by atoms with Gasteiger partial charge in [-0.1, -0.05) is 31.4 Å². The Kier molecular flexibility index (Phi) is 7.68. The smallest absolute Gasteiger partial charge is 0.224 e. The first kappa shape index (κ1) is 21.7. The number of hydrogen-bond acceptors (Lipinski definition) is 3. The van der Waals surface area contributed by atoms with Crippen LogP contribution < -0.4 is 11.1 Å². The van der Waals surface area contributed by atoms with E-state index < -0.39 is 0 Å². The summed E-state index contributed by atoms with van der Waals surface area (Å²) in [5.41, 5.74) is 7.87. The predicted molar refractivity (Wildman–Crippen MR) is 111 cm³/mol. The first-order valence-electron chi connectivity index (χ1n) is 9.87. The van der Waals surface area contributed by atoms with Crippen LogP contribution in [0.1, 0.15) is 63.9 Å². The van der Waals surface area contributed by atoms with Crippen LogP contribution in [0.2, 0.25) is 0 Å². The molecule has 0 saturated heterocycles. The third-order valence-electron chi connectivity index (χ3n) is 5.87. The van der Waals surface area contributed by atoms with E-state index in [0.29, 0.717) is 25.6 Å². The minimum Gasteiger partial charge on any atom is -0.336 e. The second-order valence-corrected chi connectivity index (χ2v) is 8.06. The van der Waals surface area contributed by atoms with Gasteiger partial charge in [0.25, 0.3) is 0 Å². The fourth-order valence-electron chi connectivity index (χ4n) is 4.07. The molecule has 2 aliphatic rings. The summed E-state index contributed by atoms with van der Waals surface area (Å²) in [6, 6.07) is 8.25. The van der Waals surface area contributed by atoms with E-state index >= 15 is 0 Å². The molecule has 0 aliphatic heterocycles. The molecule has 3 rings (SSSR count). The second-order valence-electron chi connectivity index (χ2n) is 8.06. The van der Waals surface area contributed by atoms with Gasteiger partial charge in [0, 0.05) is 31.6 Å². The number of hydrogen-bond donors (Lipinski definition) is 2. The van der Waals surface area contributed by atoms with Crippen LogP contribution in [0.25, 0.3) is 0 Å². The van der Waals surface area contributed by atoms with E-state index in [2.05, 4.69) is 5.32 Å². The van der Waals surface area contributed by atoms with Gasteiger partial charge in [0.15, 0.2) is 0 Å². The zero-order chi connectivity index (χ0) is 18.6. The van der Waals surface area contributed by atoms with Gasteiger partial charge in [-0.25, -0.2) is 0 Å². The summed E-state index contributed by atoms with van der Waals surface area (Å²) in [6.45, 7) is 2.86. The van der Waals surface area contributed by atoms with Crippen molar-refractivity contribution in [3.8, 4) is 0 Å². The van der Waals surface area contributed by atoms with Crippen molar-refractivity contribution in [3.63, 3.8) is 0 Å². The monoisotopic (exact) mass is 393 g/mol. The molecule has 2 fully saturated rings. The summed E-state index contributed by atoms with van der Waals surface area (Å²) >= 11 is 0. The van der Waals surface area contributed by atoms with E-state index in [1.165, 1.54) is 19.3 Å². The van der Waals surface area contributed by atoms with Crippen LogP contribution in [0.15, 0.2) is 24.3 Å². The van der Waals surface area contributed by atoms with Crippen LogP contribution in [0.4, 0.5) is 5.69 Å². The number of carbonyl (C=O) groups is 2. The highest BCUT2D eigenvalue weighted by molar-refractivity contribution is 5.91. The SMILES string of the molecule is CC(=O)N(Cc1ccc(NC(=O)CC2(CN)CCCCC2)cc1)C1CC1.Cl. The summed E-state index contributed by atoms with van der Waals surface area (Å²) in [6.07, 6.45) is 8.43. The Hall–Kier alpha value is -1.59. The number of nitrogens with one attached hydrogen (secondary N) is 1. The van der Waals surface area contributed by atoms with E-state index in [0.717, 1.165) is 36.9 Å². The zero-order valence-corrected chi connectivity index (χ0v) is 17.0. The minimum absolute atomic E-state index is 0. The summed E-state index contributed by atoms with van der Waals surface area (Å²) < 4.78 is 0. The van der Waals surface area contributed by atoms with Crippen molar-refractivity contribution in [3.05, 3.63) is 29.8 Å². The molecule has 2 aliphatic carbocycles. The van der Waals surface area contributed by atoms with Crippen molar-refractivity contribution >= 4 is 29.9 Å². The van der Waals surface area contributed by atoms with Gasteiger partial charge in [0.05, 0.1) is 0 Å². The zero-order valence-electron chi connectivity index (χ0n) is 16.2. The van der Waals surface area contributed by atoms with Gasteiger partial charge in [-0.2, -0.15) is 0 Å². The average molecular weight is 394 g/mol. The largest absolute Gasteiger partial charge is 0.336 e. The molecule has 0 unspecified atom stereocenters. The van der Waals surface area contributed by atoms with Crippen LogP contribution in [0.3, 0.4) is 0 Å². The van der Waals surface area contributed by atoms with Crippen molar-refractivity contribution in [1.82, 2.24) is 4.90 Å². The number of nitrogens with zero attached hydrogens (tertiary/aromatic N) is 1. The first-order valence-corrected chi connectivity index (χ1v) is 9.87. The fourth-order valence-corrected chi connectivity index (χ4v) is 4.07. The number of benzene rings is 1. The highest BCUT2D eigenvalue weighted by Gasteiger charge is 2.33. The van der Waals surface area contributed by atoms with Crippen LogP contribution >= 0.6 is 12.4 Å². The van der Waals surface area contributed by atoms with E-state index in [1.54, 1.807) is 6.92 Å². The topological polar surface area (TPSA) is 75.4 Å². The molecule has 3 N–H and O–H groups in total. The summed E-state index contributed by atoms with van der Waals surface area (Å²) in [5.74, 6) is 0.179. The van der Waals surface area contributed by atoms with Gasteiger partial charge >= 0.3 is 0 Å². The Morgan fingerprint density at radius 3 is 2.30 bits per heavy atom. The summed E-state index contributed by atoms with van der Waals surface area (Å²) in [5, 5.41) is 3.01. The summed E-state index contributed by atoms with van der Waals surface area (Å²) in [7, 11) is 0. The third kappa shape index (κ3) is 5.94. The lowest BCUT2D eigenvalue weighted by molar-refractivity contribution is -0.130. The maximum atomic E-state index is 12.5. The molecule has 2 saturated carbocycles. The Labute approximate surface area is 168 Å². The second kappa shape index (κ2) is 9.56. The molecule has 1 aromatic rings. The molecule has 0 radical (unpaired) electrons. The highest BCUT2D eigenvalue weighted by Crippen LogP contribution is 2.38. The molecule has 0 atom stereocenters. The minimum atomic E-state index is -0.0193. The average Bonchev–Trinajstić information content (AvgIpc) is 3.46. The van der Waals surface area contributed by atoms with E-state index in [-0.39, 0.29) is 29.6 Å². The van der Waals surface area contributed by atoms with E-state index in [4.69, 9.17) is 5.73 Å². The Balaban J connectivity index is 0.00000261. The van der Waals surface area contributed by atoms with Crippen molar-refractivity contribution in [2.24, 2.45) is 11.1 Å². The van der Waals surface area contributed by atoms with Crippen LogP contribution in [-0.2, 0) is 16.1 Å². The van der Waals surface area contributed by atoms with Crippen molar-refractivity contribution < 1.29 is 9.59 Å². The van der Waals surface area contributed by atoms with Crippen LogP contribution in [0.5, 0.6) is 0 Å². The van der Waals surface area contributed by atoms with Crippen LogP contribution in [0, 0.1) is 5.41 Å². The summed E-state index contributed by atoms with van der Waals surface area (Å²) in [4.78, 5) is 26.2. The standard InChI is InChI=1S/C21H31N3O2.ClH/c1-16(25)24(19-9-10-19)14-17-5-7-18(8-6-17)23-20(26)13-21(15-22)11-3-2-4-12-21;/h5-8,19H,2-4,9-15,22H2,1H3,(H,23,26);1H. The Bertz CT molecular complexity index is 637. The Morgan fingerprint density at radius 1 is 1.15 bits per heavy atom. The molecule has 27 heavy (non-hydrogen) atoms. The fraction of sp³-hybridized carbons (Fsp3) is 0.619. The van der Waals surface area contributed by atoms with Gasteiger partial charge < -0.3 is 16.0 Å². The molecule has 150 valence electrons. The lowest BCUT2D eigenvalue weighted by Crippen LogP contribution is -2.36. The molecule has 2 amide bonds. The molecular formula is C21H32ClN3O2. The van der Waals surface area contributed by atoms with Gasteiger partial charge in [-0.3, -0.25) is 9.59 Å². The normalized spacial score (nSPS) is 18.3. The number of amides is 2. The maximum absolute atomic E-state index is 12.5. The van der Waals surface area contributed by atoms with Gasteiger partial charge in [-0.15, -0.1) is 12.4 Å². The van der Waals surface area contributed by atoms with Gasteiger partial charge in [-0.05, 0) is 55.3 Å². The Morgan fingerprint density at radius 2 is 1.78 bits per heavy atom. The molecule has 0 heterocycles. The lowest BCUT2D eigenvalue weighted by Gasteiger charge is -2.35.